The first kappa shape index (κ1) is 13.3. The molecule has 0 atom stereocenters. The van der Waals surface area contributed by atoms with E-state index in [0.29, 0.717) is 11.7 Å². The highest BCUT2D eigenvalue weighted by Gasteiger charge is 2.13. The molecule has 3 rings (SSSR count). The highest BCUT2D eigenvalue weighted by atomic mass is 16.5. The maximum absolute atomic E-state index is 5.33. The number of hydrogen-bond donors (Lipinski definition) is 1. The summed E-state index contributed by atoms with van der Waals surface area (Å²) in [6, 6.07) is 3.90. The summed E-state index contributed by atoms with van der Waals surface area (Å²) < 4.78 is 5.33. The SMILES string of the molecule is C(=N\Nc1ccc(N2CCOCC2)nn1)/C1CCCC1. The van der Waals surface area contributed by atoms with Crippen LogP contribution in [0.3, 0.4) is 0 Å². The second kappa shape index (κ2) is 6.65. The number of nitrogens with one attached hydrogen (secondary N) is 1. The van der Waals surface area contributed by atoms with Crippen LogP contribution in [0.1, 0.15) is 25.7 Å². The van der Waals surface area contributed by atoms with Crippen molar-refractivity contribution in [2.75, 3.05) is 36.6 Å². The van der Waals surface area contributed by atoms with Gasteiger partial charge in [0.2, 0.25) is 0 Å². The molecule has 2 heterocycles. The van der Waals surface area contributed by atoms with Crippen molar-refractivity contribution in [1.82, 2.24) is 10.2 Å². The molecule has 0 amide bonds. The summed E-state index contributed by atoms with van der Waals surface area (Å²) in [6.07, 6.45) is 7.17. The minimum atomic E-state index is 0.628. The molecule has 1 saturated carbocycles. The average molecular weight is 275 g/mol. The number of hydrazone groups is 1. The first-order valence-electron chi connectivity index (χ1n) is 7.37. The average Bonchev–Trinajstić information content (AvgIpc) is 3.02. The summed E-state index contributed by atoms with van der Waals surface area (Å²) in [7, 11) is 0. The van der Waals surface area contributed by atoms with Crippen molar-refractivity contribution in [3.05, 3.63) is 12.1 Å². The lowest BCUT2D eigenvalue weighted by Crippen LogP contribution is -2.36. The molecule has 108 valence electrons. The van der Waals surface area contributed by atoms with E-state index >= 15 is 0 Å². The molecule has 6 heteroatoms. The molecule has 2 fully saturated rings. The fourth-order valence-electron chi connectivity index (χ4n) is 2.66. The Morgan fingerprint density at radius 3 is 2.70 bits per heavy atom. The van der Waals surface area contributed by atoms with Crippen molar-refractivity contribution >= 4 is 17.9 Å². The van der Waals surface area contributed by atoms with Crippen LogP contribution in [0.2, 0.25) is 0 Å². The van der Waals surface area contributed by atoms with E-state index in [-0.39, 0.29) is 0 Å². The monoisotopic (exact) mass is 275 g/mol. The topological polar surface area (TPSA) is 62.6 Å². The Hall–Kier alpha value is -1.69. The van der Waals surface area contributed by atoms with Gasteiger partial charge in [-0.3, -0.25) is 5.43 Å². The fourth-order valence-corrected chi connectivity index (χ4v) is 2.66. The van der Waals surface area contributed by atoms with Gasteiger partial charge in [-0.2, -0.15) is 5.10 Å². The Labute approximate surface area is 119 Å². The molecule has 1 aromatic heterocycles. The summed E-state index contributed by atoms with van der Waals surface area (Å²) in [5.41, 5.74) is 2.95. The standard InChI is InChI=1S/C14H21N5O/c1-2-4-12(3-1)11-15-16-13-5-6-14(18-17-13)19-7-9-20-10-8-19/h5-6,11-12H,1-4,7-10H2,(H,16,17)/b15-11+. The first-order valence-corrected chi connectivity index (χ1v) is 7.37. The van der Waals surface area contributed by atoms with E-state index in [9.17, 15) is 0 Å². The molecule has 1 aliphatic heterocycles. The molecule has 0 spiro atoms. The lowest BCUT2D eigenvalue weighted by molar-refractivity contribution is 0.122. The van der Waals surface area contributed by atoms with Gasteiger partial charge in [0, 0.05) is 19.3 Å². The minimum absolute atomic E-state index is 0.628. The molecule has 1 N–H and O–H groups in total. The van der Waals surface area contributed by atoms with Gasteiger partial charge in [-0.15, -0.1) is 10.2 Å². The zero-order valence-electron chi connectivity index (χ0n) is 11.7. The van der Waals surface area contributed by atoms with Crippen LogP contribution in [-0.4, -0.2) is 42.7 Å². The van der Waals surface area contributed by atoms with Crippen LogP contribution in [-0.2, 0) is 4.74 Å². The van der Waals surface area contributed by atoms with E-state index < -0.39 is 0 Å². The number of anilines is 2. The second-order valence-corrected chi connectivity index (χ2v) is 5.31. The van der Waals surface area contributed by atoms with E-state index in [0.717, 1.165) is 32.1 Å². The van der Waals surface area contributed by atoms with Crippen LogP contribution >= 0.6 is 0 Å². The van der Waals surface area contributed by atoms with Gasteiger partial charge in [0.1, 0.15) is 0 Å². The van der Waals surface area contributed by atoms with E-state index in [4.69, 9.17) is 4.74 Å². The van der Waals surface area contributed by atoms with Crippen molar-refractivity contribution in [2.24, 2.45) is 11.0 Å². The van der Waals surface area contributed by atoms with Crippen molar-refractivity contribution in [2.45, 2.75) is 25.7 Å². The molecule has 6 nitrogen and oxygen atoms in total. The van der Waals surface area contributed by atoms with Crippen molar-refractivity contribution in [1.29, 1.82) is 0 Å². The maximum atomic E-state index is 5.33. The normalized spacial score (nSPS) is 20.7. The molecule has 0 bridgehead atoms. The number of ether oxygens (including phenoxy) is 1. The highest BCUT2D eigenvalue weighted by molar-refractivity contribution is 5.62. The predicted octanol–water partition coefficient (Wildman–Crippen LogP) is 1.90. The van der Waals surface area contributed by atoms with E-state index in [1.54, 1.807) is 0 Å². The van der Waals surface area contributed by atoms with Gasteiger partial charge < -0.3 is 9.64 Å². The Morgan fingerprint density at radius 1 is 1.20 bits per heavy atom. The third-order valence-electron chi connectivity index (χ3n) is 3.85. The quantitative estimate of drug-likeness (QED) is 0.671. The van der Waals surface area contributed by atoms with Gasteiger partial charge in [-0.25, -0.2) is 0 Å². The maximum Gasteiger partial charge on any atom is 0.168 e. The van der Waals surface area contributed by atoms with Gasteiger partial charge in [0.15, 0.2) is 11.6 Å². The van der Waals surface area contributed by atoms with Gasteiger partial charge in [-0.1, -0.05) is 12.8 Å². The van der Waals surface area contributed by atoms with E-state index in [1.807, 2.05) is 18.3 Å². The van der Waals surface area contributed by atoms with E-state index in [1.165, 1.54) is 25.7 Å². The molecular weight excluding hydrogens is 254 g/mol. The zero-order chi connectivity index (χ0) is 13.6. The Kier molecular flexibility index (Phi) is 4.42. The van der Waals surface area contributed by atoms with Crippen LogP contribution in [0, 0.1) is 5.92 Å². The molecule has 20 heavy (non-hydrogen) atoms. The fraction of sp³-hybridized carbons (Fsp3) is 0.643. The minimum Gasteiger partial charge on any atom is -0.378 e. The van der Waals surface area contributed by atoms with Gasteiger partial charge in [0.25, 0.3) is 0 Å². The summed E-state index contributed by atoms with van der Waals surface area (Å²) in [4.78, 5) is 2.18. The second-order valence-electron chi connectivity index (χ2n) is 5.31. The zero-order valence-corrected chi connectivity index (χ0v) is 11.7. The third kappa shape index (κ3) is 3.45. The van der Waals surface area contributed by atoms with Crippen molar-refractivity contribution in [3.8, 4) is 0 Å². The first-order chi connectivity index (χ1) is 9.92. The lowest BCUT2D eigenvalue weighted by atomic mass is 10.1. The van der Waals surface area contributed by atoms with Crippen molar-refractivity contribution < 1.29 is 4.74 Å². The molecule has 2 aliphatic rings. The van der Waals surface area contributed by atoms with Gasteiger partial charge in [-0.05, 0) is 30.9 Å². The molecule has 0 aromatic carbocycles. The number of rotatable bonds is 4. The van der Waals surface area contributed by atoms with Gasteiger partial charge >= 0.3 is 0 Å². The molecular formula is C14H21N5O. The molecule has 1 saturated heterocycles. The van der Waals surface area contributed by atoms with Crippen LogP contribution in [0.15, 0.2) is 17.2 Å². The van der Waals surface area contributed by atoms with Crippen LogP contribution in [0.5, 0.6) is 0 Å². The Balaban J connectivity index is 1.52. The highest BCUT2D eigenvalue weighted by Crippen LogP contribution is 2.22. The Bertz CT molecular complexity index is 435. The number of nitrogens with zero attached hydrogens (tertiary/aromatic N) is 4. The number of aromatic nitrogens is 2. The molecule has 0 unspecified atom stereocenters. The van der Waals surface area contributed by atoms with Crippen molar-refractivity contribution in [3.63, 3.8) is 0 Å². The smallest absolute Gasteiger partial charge is 0.168 e. The Morgan fingerprint density at radius 2 is 2.00 bits per heavy atom. The third-order valence-corrected chi connectivity index (χ3v) is 3.85. The summed E-state index contributed by atoms with van der Waals surface area (Å²) >= 11 is 0. The van der Waals surface area contributed by atoms with E-state index in [2.05, 4.69) is 25.6 Å². The summed E-state index contributed by atoms with van der Waals surface area (Å²) in [6.45, 7) is 3.27. The van der Waals surface area contributed by atoms with Crippen LogP contribution in [0.25, 0.3) is 0 Å². The molecule has 1 aliphatic carbocycles. The van der Waals surface area contributed by atoms with Crippen LogP contribution < -0.4 is 10.3 Å². The van der Waals surface area contributed by atoms with Crippen LogP contribution in [0.4, 0.5) is 11.6 Å². The number of hydrogen-bond acceptors (Lipinski definition) is 6. The van der Waals surface area contributed by atoms with Gasteiger partial charge in [0.05, 0.1) is 13.2 Å². The summed E-state index contributed by atoms with van der Waals surface area (Å²) in [5, 5.41) is 12.7. The predicted molar refractivity (Wildman–Crippen MR) is 79.1 cm³/mol. The summed E-state index contributed by atoms with van der Waals surface area (Å²) in [5.74, 6) is 2.22. The lowest BCUT2D eigenvalue weighted by Gasteiger charge is -2.27. The number of morpholine rings is 1. The largest absolute Gasteiger partial charge is 0.378 e. The molecule has 0 radical (unpaired) electrons. The molecule has 1 aromatic rings.